The number of anilines is 2. The lowest BCUT2D eigenvalue weighted by molar-refractivity contribution is -0.118. The minimum absolute atomic E-state index is 0.0269. The first-order valence-electron chi connectivity index (χ1n) is 14.1. The zero-order valence-electron chi connectivity index (χ0n) is 24.9. The van der Waals surface area contributed by atoms with Gasteiger partial charge in [-0.3, -0.25) is 4.79 Å². The van der Waals surface area contributed by atoms with Gasteiger partial charge in [0.05, 0.1) is 17.5 Å². The van der Waals surface area contributed by atoms with Gasteiger partial charge < -0.3 is 30.7 Å². The van der Waals surface area contributed by atoms with E-state index in [1.807, 2.05) is 33.9 Å². The molecule has 10 heteroatoms. The third-order valence-corrected chi connectivity index (χ3v) is 7.56. The van der Waals surface area contributed by atoms with Crippen LogP contribution in [0.5, 0.6) is 5.75 Å². The maximum Gasteiger partial charge on any atom is 0.407 e. The lowest BCUT2D eigenvalue weighted by atomic mass is 9.71. The maximum atomic E-state index is 12.2. The Balaban J connectivity index is 1.58. The highest BCUT2D eigenvalue weighted by Crippen LogP contribution is 2.49. The molecule has 1 fully saturated rings. The van der Waals surface area contributed by atoms with Crippen LogP contribution < -0.4 is 26.0 Å². The molecule has 2 amide bonds. The number of hydrogen-bond acceptors (Lipinski definition) is 8. The van der Waals surface area contributed by atoms with E-state index in [0.29, 0.717) is 18.9 Å². The van der Waals surface area contributed by atoms with Crippen molar-refractivity contribution in [2.24, 2.45) is 0 Å². The Kier molecular flexibility index (Phi) is 8.46. The zero-order chi connectivity index (χ0) is 29.2. The van der Waals surface area contributed by atoms with Gasteiger partial charge in [-0.15, -0.1) is 0 Å². The maximum absolute atomic E-state index is 12.2. The standard InChI is InChI=1S/C30H44N6O4/c1-18(37)32-14-15-36(7)26-22-16-30(5,6)24-25(33-17-34-27(24)31)21(22)12-13-23(26)39-20-10-8-19(9-11-20)35-28(38)40-29(2,3)4/h12-13,17,19-20H,8-11,14-16H2,1-7H3,(H,32,37)(H,35,38)(H2,31,33,34)/t19-,20-. The lowest BCUT2D eigenvalue weighted by Gasteiger charge is -2.38. The number of likely N-dealkylation sites (N-methyl/N-ethyl adjacent to an activating group) is 1. The molecule has 4 rings (SSSR count). The predicted octanol–water partition coefficient (Wildman–Crippen LogP) is 4.35. The van der Waals surface area contributed by atoms with Crippen LogP contribution in [-0.4, -0.2) is 59.9 Å². The number of carbonyl (C=O) groups excluding carboxylic acids is 2. The van der Waals surface area contributed by atoms with Crippen LogP contribution in [0.15, 0.2) is 18.5 Å². The minimum atomic E-state index is -0.522. The van der Waals surface area contributed by atoms with Crippen LogP contribution in [-0.2, 0) is 21.4 Å². The van der Waals surface area contributed by atoms with Gasteiger partial charge in [-0.25, -0.2) is 14.8 Å². The summed E-state index contributed by atoms with van der Waals surface area (Å²) in [6, 6.07) is 4.17. The van der Waals surface area contributed by atoms with Crippen molar-refractivity contribution in [1.82, 2.24) is 20.6 Å². The quantitative estimate of drug-likeness (QED) is 0.462. The molecule has 1 aromatic carbocycles. The Morgan fingerprint density at radius 1 is 1.15 bits per heavy atom. The Hall–Kier alpha value is -3.56. The normalized spacial score (nSPS) is 19.6. The molecule has 0 spiro atoms. The lowest BCUT2D eigenvalue weighted by Crippen LogP contribution is -2.42. The van der Waals surface area contributed by atoms with Crippen molar-refractivity contribution in [2.75, 3.05) is 30.8 Å². The van der Waals surface area contributed by atoms with Gasteiger partial charge in [-0.2, -0.15) is 0 Å². The Morgan fingerprint density at radius 3 is 2.50 bits per heavy atom. The van der Waals surface area contributed by atoms with Crippen molar-refractivity contribution >= 4 is 23.5 Å². The highest BCUT2D eigenvalue weighted by molar-refractivity contribution is 5.83. The van der Waals surface area contributed by atoms with Crippen molar-refractivity contribution in [3.8, 4) is 17.0 Å². The third-order valence-electron chi connectivity index (χ3n) is 7.56. The van der Waals surface area contributed by atoms with Gasteiger partial charge in [0.15, 0.2) is 0 Å². The molecule has 0 atom stereocenters. The number of nitrogens with one attached hydrogen (secondary N) is 2. The second-order valence-corrected chi connectivity index (χ2v) is 12.6. The molecule has 0 bridgehead atoms. The molecule has 0 unspecified atom stereocenters. The van der Waals surface area contributed by atoms with E-state index in [2.05, 4.69) is 45.4 Å². The zero-order valence-corrected chi connectivity index (χ0v) is 24.9. The number of fused-ring (bicyclic) bond motifs is 3. The van der Waals surface area contributed by atoms with Crippen molar-refractivity contribution in [2.45, 2.75) is 96.8 Å². The number of nitrogens with two attached hydrogens (primary N) is 1. The molecule has 218 valence electrons. The van der Waals surface area contributed by atoms with E-state index in [1.54, 1.807) is 0 Å². The molecule has 2 aliphatic rings. The highest BCUT2D eigenvalue weighted by Gasteiger charge is 2.37. The van der Waals surface area contributed by atoms with Crippen LogP contribution in [0.25, 0.3) is 11.3 Å². The van der Waals surface area contributed by atoms with E-state index >= 15 is 0 Å². The van der Waals surface area contributed by atoms with Gasteiger partial charge in [-0.1, -0.05) is 13.8 Å². The van der Waals surface area contributed by atoms with Gasteiger partial charge >= 0.3 is 6.09 Å². The van der Waals surface area contributed by atoms with Crippen molar-refractivity contribution in [3.05, 3.63) is 29.6 Å². The van der Waals surface area contributed by atoms with Gasteiger partial charge in [0.2, 0.25) is 5.91 Å². The number of benzene rings is 1. The summed E-state index contributed by atoms with van der Waals surface area (Å²) >= 11 is 0. The van der Waals surface area contributed by atoms with E-state index < -0.39 is 5.60 Å². The number of ether oxygens (including phenoxy) is 2. The van der Waals surface area contributed by atoms with E-state index in [1.165, 1.54) is 13.3 Å². The van der Waals surface area contributed by atoms with Crippen molar-refractivity contribution < 1.29 is 19.1 Å². The van der Waals surface area contributed by atoms with Gasteiger partial charge in [0.25, 0.3) is 0 Å². The minimum Gasteiger partial charge on any atom is -0.488 e. The fourth-order valence-corrected chi connectivity index (χ4v) is 5.82. The molecule has 1 aromatic heterocycles. The van der Waals surface area contributed by atoms with Crippen LogP contribution in [0.2, 0.25) is 0 Å². The summed E-state index contributed by atoms with van der Waals surface area (Å²) in [5.74, 6) is 1.27. The highest BCUT2D eigenvalue weighted by atomic mass is 16.6. The van der Waals surface area contributed by atoms with Crippen LogP contribution in [0.4, 0.5) is 16.3 Å². The van der Waals surface area contributed by atoms with E-state index in [9.17, 15) is 9.59 Å². The van der Waals surface area contributed by atoms with Crippen LogP contribution >= 0.6 is 0 Å². The molecule has 4 N–H and O–H groups in total. The molecular formula is C30H44N6O4. The number of hydrogen-bond donors (Lipinski definition) is 3. The molecule has 10 nitrogen and oxygen atoms in total. The molecule has 2 aromatic rings. The van der Waals surface area contributed by atoms with E-state index in [0.717, 1.165) is 65.9 Å². The average Bonchev–Trinajstić information content (AvgIpc) is 2.83. The smallest absolute Gasteiger partial charge is 0.407 e. The predicted molar refractivity (Wildman–Crippen MR) is 157 cm³/mol. The number of nitrogen functional groups attached to an aromatic ring is 1. The summed E-state index contributed by atoms with van der Waals surface area (Å²) in [4.78, 5) is 34.8. The number of aromatic nitrogens is 2. The molecule has 0 aliphatic heterocycles. The molecule has 0 radical (unpaired) electrons. The summed E-state index contributed by atoms with van der Waals surface area (Å²) in [6.45, 7) is 12.6. The van der Waals surface area contributed by atoms with Crippen molar-refractivity contribution in [3.63, 3.8) is 0 Å². The fraction of sp³-hybridized carbons (Fsp3) is 0.600. The number of rotatable bonds is 7. The van der Waals surface area contributed by atoms with Crippen LogP contribution in [0.3, 0.4) is 0 Å². The number of nitrogens with zero attached hydrogens (tertiary/aromatic N) is 3. The number of carbonyl (C=O) groups is 2. The second-order valence-electron chi connectivity index (χ2n) is 12.6. The van der Waals surface area contributed by atoms with Crippen LogP contribution in [0, 0.1) is 0 Å². The Bertz CT molecular complexity index is 1250. The van der Waals surface area contributed by atoms with Gasteiger partial charge in [0, 0.05) is 44.2 Å². The van der Waals surface area contributed by atoms with Crippen molar-refractivity contribution in [1.29, 1.82) is 0 Å². The monoisotopic (exact) mass is 552 g/mol. The average molecular weight is 553 g/mol. The number of amides is 2. The van der Waals surface area contributed by atoms with E-state index in [-0.39, 0.29) is 29.6 Å². The largest absolute Gasteiger partial charge is 0.488 e. The summed E-state index contributed by atoms with van der Waals surface area (Å²) in [6.07, 6.45) is 5.21. The third kappa shape index (κ3) is 6.77. The first-order chi connectivity index (χ1) is 18.7. The SMILES string of the molecule is CC(=O)NCCN(C)c1c(O[C@H]2CC[C@H](NC(=O)OC(C)(C)C)CC2)ccc2c1CC(C)(C)c1c(N)ncnc1-2. The molecule has 1 saturated carbocycles. The van der Waals surface area contributed by atoms with E-state index in [4.69, 9.17) is 15.2 Å². The topological polar surface area (TPSA) is 132 Å². The summed E-state index contributed by atoms with van der Waals surface area (Å²) in [5.41, 5.74) is 10.6. The van der Waals surface area contributed by atoms with Crippen LogP contribution in [0.1, 0.15) is 78.4 Å². The fourth-order valence-electron chi connectivity index (χ4n) is 5.82. The summed E-state index contributed by atoms with van der Waals surface area (Å²) < 4.78 is 12.1. The first kappa shape index (κ1) is 29.4. The second kappa shape index (κ2) is 11.5. The van der Waals surface area contributed by atoms with Gasteiger partial charge in [0.1, 0.15) is 23.5 Å². The molecule has 0 saturated heterocycles. The molecule has 40 heavy (non-hydrogen) atoms. The molecule has 1 heterocycles. The summed E-state index contributed by atoms with van der Waals surface area (Å²) in [5, 5.41) is 5.90. The molecular weight excluding hydrogens is 508 g/mol. The Morgan fingerprint density at radius 2 is 1.85 bits per heavy atom. The Labute approximate surface area is 237 Å². The molecule has 2 aliphatic carbocycles. The summed E-state index contributed by atoms with van der Waals surface area (Å²) in [7, 11) is 2.03. The van der Waals surface area contributed by atoms with Gasteiger partial charge in [-0.05, 0) is 76.0 Å². The first-order valence-corrected chi connectivity index (χ1v) is 14.1. The number of alkyl carbamates (subject to hydrolysis) is 1.